The van der Waals surface area contributed by atoms with Crippen molar-refractivity contribution in [3.05, 3.63) is 52.8 Å². The lowest BCUT2D eigenvalue weighted by Crippen LogP contribution is -2.01. The number of carbonyl (C=O) groups excluding carboxylic acids is 1. The van der Waals surface area contributed by atoms with E-state index in [1.54, 1.807) is 18.2 Å². The van der Waals surface area contributed by atoms with E-state index in [-0.39, 0.29) is 5.56 Å². The third-order valence-electron chi connectivity index (χ3n) is 2.88. The molecule has 0 saturated heterocycles. The second kappa shape index (κ2) is 6.59. The number of carbonyl (C=O) groups is 1. The number of halogens is 2. The second-order valence-corrected chi connectivity index (χ2v) is 4.73. The summed E-state index contributed by atoms with van der Waals surface area (Å²) in [6.45, 7) is 2.29. The fraction of sp³-hybridized carbons (Fsp3) is 0.188. The normalized spacial score (nSPS) is 10.3. The Balaban J connectivity index is 2.46. The summed E-state index contributed by atoms with van der Waals surface area (Å²) in [5.74, 6) is -0.516. The molecule has 0 saturated carbocycles. The first-order valence-corrected chi connectivity index (χ1v) is 6.74. The van der Waals surface area contributed by atoms with Crippen molar-refractivity contribution in [1.29, 1.82) is 0 Å². The quantitative estimate of drug-likeness (QED) is 0.789. The van der Waals surface area contributed by atoms with Crippen molar-refractivity contribution in [2.75, 3.05) is 13.7 Å². The molecule has 0 heterocycles. The minimum absolute atomic E-state index is 0.272. The molecule has 3 nitrogen and oxygen atoms in total. The van der Waals surface area contributed by atoms with Gasteiger partial charge in [0.2, 0.25) is 0 Å². The minimum atomic E-state index is -0.523. The Kier molecular flexibility index (Phi) is 4.81. The molecule has 0 spiro atoms. The van der Waals surface area contributed by atoms with E-state index in [0.29, 0.717) is 28.5 Å². The van der Waals surface area contributed by atoms with Crippen LogP contribution < -0.4 is 4.74 Å². The van der Waals surface area contributed by atoms with E-state index < -0.39 is 11.8 Å². The van der Waals surface area contributed by atoms with Crippen molar-refractivity contribution in [3.8, 4) is 16.9 Å². The number of rotatable bonds is 4. The molecule has 0 aromatic heterocycles. The fourth-order valence-electron chi connectivity index (χ4n) is 1.97. The monoisotopic (exact) mass is 308 g/mol. The van der Waals surface area contributed by atoms with Crippen LogP contribution in [0.2, 0.25) is 5.02 Å². The molecule has 0 atom stereocenters. The van der Waals surface area contributed by atoms with Crippen molar-refractivity contribution in [3.63, 3.8) is 0 Å². The summed E-state index contributed by atoms with van der Waals surface area (Å²) in [6, 6.07) is 9.16. The lowest BCUT2D eigenvalue weighted by Gasteiger charge is -2.09. The number of ether oxygens (including phenoxy) is 2. The fourth-order valence-corrected chi connectivity index (χ4v) is 2.20. The van der Waals surface area contributed by atoms with Crippen molar-refractivity contribution in [2.45, 2.75) is 6.92 Å². The molecule has 21 heavy (non-hydrogen) atoms. The molecular weight excluding hydrogens is 295 g/mol. The van der Waals surface area contributed by atoms with Crippen LogP contribution in [0.25, 0.3) is 11.1 Å². The molecule has 0 fully saturated rings. The first kappa shape index (κ1) is 15.3. The summed E-state index contributed by atoms with van der Waals surface area (Å²) in [6.07, 6.45) is 0. The molecule has 0 aliphatic heterocycles. The summed E-state index contributed by atoms with van der Waals surface area (Å²) < 4.78 is 24.1. The summed E-state index contributed by atoms with van der Waals surface area (Å²) in [7, 11) is 1.28. The molecule has 5 heteroatoms. The van der Waals surface area contributed by atoms with Crippen molar-refractivity contribution in [1.82, 2.24) is 0 Å². The van der Waals surface area contributed by atoms with Gasteiger partial charge in [-0.25, -0.2) is 9.18 Å². The van der Waals surface area contributed by atoms with Gasteiger partial charge in [-0.05, 0) is 42.8 Å². The molecule has 0 amide bonds. The van der Waals surface area contributed by atoms with Gasteiger partial charge in [0.1, 0.15) is 11.6 Å². The molecule has 0 N–H and O–H groups in total. The van der Waals surface area contributed by atoms with Gasteiger partial charge in [0.05, 0.1) is 19.3 Å². The maximum absolute atomic E-state index is 14.2. The molecule has 0 radical (unpaired) electrons. The van der Waals surface area contributed by atoms with Gasteiger partial charge in [0.15, 0.2) is 0 Å². The molecule has 2 rings (SSSR count). The predicted molar refractivity (Wildman–Crippen MR) is 79.4 cm³/mol. The van der Waals surface area contributed by atoms with Crippen LogP contribution in [0, 0.1) is 5.82 Å². The highest BCUT2D eigenvalue weighted by molar-refractivity contribution is 6.31. The zero-order valence-electron chi connectivity index (χ0n) is 11.7. The smallest absolute Gasteiger partial charge is 0.337 e. The lowest BCUT2D eigenvalue weighted by atomic mass is 10.0. The van der Waals surface area contributed by atoms with Gasteiger partial charge in [-0.3, -0.25) is 0 Å². The number of hydrogen-bond donors (Lipinski definition) is 0. The standard InChI is InChI=1S/C16H14ClFO3/c1-3-21-13-4-5-14(15(18)9-13)10-6-11(16(19)20-2)8-12(17)7-10/h4-9H,3H2,1-2H3. The summed E-state index contributed by atoms with van der Waals surface area (Å²) in [4.78, 5) is 11.6. The minimum Gasteiger partial charge on any atom is -0.494 e. The Bertz CT molecular complexity index is 671. The number of esters is 1. The molecule has 0 bridgehead atoms. The average molecular weight is 309 g/mol. The van der Waals surface area contributed by atoms with Gasteiger partial charge in [-0.15, -0.1) is 0 Å². The highest BCUT2D eigenvalue weighted by atomic mass is 35.5. The van der Waals surface area contributed by atoms with E-state index in [1.165, 1.54) is 25.3 Å². The molecule has 0 aliphatic carbocycles. The Morgan fingerprint density at radius 1 is 1.24 bits per heavy atom. The molecule has 0 aliphatic rings. The van der Waals surface area contributed by atoms with Gasteiger partial charge in [-0.1, -0.05) is 11.6 Å². The lowest BCUT2D eigenvalue weighted by molar-refractivity contribution is 0.0601. The summed E-state index contributed by atoms with van der Waals surface area (Å²) in [5.41, 5.74) is 1.11. The highest BCUT2D eigenvalue weighted by Gasteiger charge is 2.12. The molecule has 2 aromatic rings. The SMILES string of the molecule is CCOc1ccc(-c2cc(Cl)cc(C(=O)OC)c2)c(F)c1. The van der Waals surface area contributed by atoms with Crippen LogP contribution in [-0.4, -0.2) is 19.7 Å². The highest BCUT2D eigenvalue weighted by Crippen LogP contribution is 2.29. The zero-order valence-corrected chi connectivity index (χ0v) is 12.4. The van der Waals surface area contributed by atoms with Gasteiger partial charge < -0.3 is 9.47 Å². The van der Waals surface area contributed by atoms with Crippen LogP contribution in [0.4, 0.5) is 4.39 Å². The van der Waals surface area contributed by atoms with E-state index in [4.69, 9.17) is 16.3 Å². The third kappa shape index (κ3) is 3.52. The summed E-state index contributed by atoms with van der Waals surface area (Å²) >= 11 is 5.98. The van der Waals surface area contributed by atoms with E-state index in [0.717, 1.165) is 0 Å². The predicted octanol–water partition coefficient (Wildman–Crippen LogP) is 4.33. The van der Waals surface area contributed by atoms with Crippen LogP contribution in [0.3, 0.4) is 0 Å². The van der Waals surface area contributed by atoms with Crippen LogP contribution in [0.5, 0.6) is 5.75 Å². The number of benzene rings is 2. The van der Waals surface area contributed by atoms with E-state index in [2.05, 4.69) is 4.74 Å². The Morgan fingerprint density at radius 2 is 2.00 bits per heavy atom. The van der Waals surface area contributed by atoms with Gasteiger partial charge in [0, 0.05) is 16.7 Å². The maximum Gasteiger partial charge on any atom is 0.337 e. The van der Waals surface area contributed by atoms with Crippen LogP contribution in [0.1, 0.15) is 17.3 Å². The van der Waals surface area contributed by atoms with Crippen molar-refractivity contribution >= 4 is 17.6 Å². The van der Waals surface area contributed by atoms with Gasteiger partial charge in [0.25, 0.3) is 0 Å². The number of hydrogen-bond acceptors (Lipinski definition) is 3. The van der Waals surface area contributed by atoms with Gasteiger partial charge >= 0.3 is 5.97 Å². The molecule has 0 unspecified atom stereocenters. The largest absolute Gasteiger partial charge is 0.494 e. The number of methoxy groups -OCH3 is 1. The second-order valence-electron chi connectivity index (χ2n) is 4.29. The Hall–Kier alpha value is -2.07. The van der Waals surface area contributed by atoms with Crippen molar-refractivity contribution in [2.24, 2.45) is 0 Å². The van der Waals surface area contributed by atoms with E-state index >= 15 is 0 Å². The average Bonchev–Trinajstić information content (AvgIpc) is 2.46. The van der Waals surface area contributed by atoms with E-state index in [9.17, 15) is 9.18 Å². The van der Waals surface area contributed by atoms with E-state index in [1.807, 2.05) is 6.92 Å². The third-order valence-corrected chi connectivity index (χ3v) is 3.10. The van der Waals surface area contributed by atoms with Gasteiger partial charge in [-0.2, -0.15) is 0 Å². The maximum atomic E-state index is 14.2. The van der Waals surface area contributed by atoms with Crippen LogP contribution in [0.15, 0.2) is 36.4 Å². The topological polar surface area (TPSA) is 35.5 Å². The Morgan fingerprint density at radius 3 is 2.62 bits per heavy atom. The Labute approximate surface area is 127 Å². The first-order chi connectivity index (χ1) is 10.0. The zero-order chi connectivity index (χ0) is 15.4. The first-order valence-electron chi connectivity index (χ1n) is 6.36. The molecule has 110 valence electrons. The molecule has 2 aromatic carbocycles. The van der Waals surface area contributed by atoms with Crippen molar-refractivity contribution < 1.29 is 18.7 Å². The van der Waals surface area contributed by atoms with Crippen LogP contribution >= 0.6 is 11.6 Å². The summed E-state index contributed by atoms with van der Waals surface area (Å²) in [5, 5.41) is 0.334. The molecular formula is C16H14ClFO3. The van der Waals surface area contributed by atoms with Crippen LogP contribution in [-0.2, 0) is 4.74 Å².